The molecule has 1 heterocycles. The van der Waals surface area contributed by atoms with Gasteiger partial charge >= 0.3 is 0 Å². The molecule has 0 saturated heterocycles. The second-order valence-electron chi connectivity index (χ2n) is 8.18. The van der Waals surface area contributed by atoms with E-state index in [9.17, 15) is 14.4 Å². The highest BCUT2D eigenvalue weighted by Crippen LogP contribution is 2.30. The molecule has 2 N–H and O–H groups in total. The number of benzene rings is 2. The van der Waals surface area contributed by atoms with E-state index in [1.54, 1.807) is 4.90 Å². The van der Waals surface area contributed by atoms with Crippen LogP contribution in [0.4, 0.5) is 5.69 Å². The molecule has 2 aliphatic rings. The van der Waals surface area contributed by atoms with Crippen molar-refractivity contribution in [2.75, 3.05) is 12.4 Å². The minimum Gasteiger partial charge on any atom is -0.353 e. The number of hydrogen-bond donors (Lipinski definition) is 2. The monoisotopic (exact) mass is 405 g/mol. The fourth-order valence-electron chi connectivity index (χ4n) is 4.34. The maximum atomic E-state index is 12.9. The van der Waals surface area contributed by atoms with Crippen molar-refractivity contribution in [2.45, 2.75) is 51.1 Å². The van der Waals surface area contributed by atoms with Gasteiger partial charge in [0, 0.05) is 36.8 Å². The van der Waals surface area contributed by atoms with Crippen LogP contribution in [0, 0.1) is 0 Å². The Balaban J connectivity index is 1.41. The third-order valence-electron chi connectivity index (χ3n) is 6.16. The van der Waals surface area contributed by atoms with E-state index >= 15 is 0 Å². The molecule has 1 aliphatic carbocycles. The Morgan fingerprint density at radius 3 is 2.57 bits per heavy atom. The lowest BCUT2D eigenvalue weighted by molar-refractivity contribution is -0.121. The molecule has 1 aliphatic heterocycles. The van der Waals surface area contributed by atoms with Crippen LogP contribution >= 0.6 is 0 Å². The van der Waals surface area contributed by atoms with Gasteiger partial charge in [-0.15, -0.1) is 0 Å². The van der Waals surface area contributed by atoms with Crippen molar-refractivity contribution < 1.29 is 14.4 Å². The molecule has 1 saturated carbocycles. The van der Waals surface area contributed by atoms with Gasteiger partial charge in [0.25, 0.3) is 5.91 Å². The average molecular weight is 405 g/mol. The maximum Gasteiger partial charge on any atom is 0.253 e. The fourth-order valence-corrected chi connectivity index (χ4v) is 4.34. The van der Waals surface area contributed by atoms with Crippen molar-refractivity contribution in [2.24, 2.45) is 0 Å². The van der Waals surface area contributed by atoms with Gasteiger partial charge in [-0.25, -0.2) is 0 Å². The first-order valence-corrected chi connectivity index (χ1v) is 10.5. The van der Waals surface area contributed by atoms with E-state index in [4.69, 9.17) is 0 Å². The summed E-state index contributed by atoms with van der Waals surface area (Å²) in [5.74, 6) is 0.0844. The molecule has 2 unspecified atom stereocenters. The molecule has 2 aromatic carbocycles. The van der Waals surface area contributed by atoms with E-state index in [-0.39, 0.29) is 29.8 Å². The van der Waals surface area contributed by atoms with Crippen molar-refractivity contribution in [1.82, 2.24) is 10.2 Å². The first-order valence-electron chi connectivity index (χ1n) is 10.5. The van der Waals surface area contributed by atoms with Crippen LogP contribution in [-0.4, -0.2) is 41.8 Å². The number of carbonyl (C=O) groups excluding carboxylic acids is 3. The average Bonchev–Trinajstić information content (AvgIpc) is 3.37. The summed E-state index contributed by atoms with van der Waals surface area (Å²) in [7, 11) is 1.84. The lowest BCUT2D eigenvalue weighted by atomic mass is 10.0. The number of hydrogen-bond acceptors (Lipinski definition) is 3. The predicted octanol–water partition coefficient (Wildman–Crippen LogP) is 3.37. The summed E-state index contributed by atoms with van der Waals surface area (Å²) in [6.07, 6.45) is 3.52. The van der Waals surface area contributed by atoms with Gasteiger partial charge in [0.1, 0.15) is 0 Å². The summed E-state index contributed by atoms with van der Waals surface area (Å²) >= 11 is 0. The molecule has 1 fully saturated rings. The Hall–Kier alpha value is -3.15. The Morgan fingerprint density at radius 1 is 1.10 bits per heavy atom. The van der Waals surface area contributed by atoms with Crippen molar-refractivity contribution in [3.05, 3.63) is 53.6 Å². The van der Waals surface area contributed by atoms with Crippen molar-refractivity contribution in [1.29, 1.82) is 0 Å². The molecular weight excluding hydrogens is 378 g/mol. The van der Waals surface area contributed by atoms with Crippen LogP contribution in [0.2, 0.25) is 0 Å². The highest BCUT2D eigenvalue weighted by molar-refractivity contribution is 6.00. The van der Waals surface area contributed by atoms with Crippen LogP contribution in [0.15, 0.2) is 42.5 Å². The molecule has 0 spiro atoms. The van der Waals surface area contributed by atoms with Gasteiger partial charge in [0.2, 0.25) is 11.8 Å². The van der Waals surface area contributed by atoms with Gasteiger partial charge in [-0.05, 0) is 54.2 Å². The number of anilines is 1. The van der Waals surface area contributed by atoms with E-state index in [0.29, 0.717) is 18.4 Å². The minimum absolute atomic E-state index is 0.00441. The molecule has 156 valence electrons. The van der Waals surface area contributed by atoms with Crippen LogP contribution in [0.5, 0.6) is 0 Å². The molecule has 3 amide bonds. The SMILES string of the molecule is CCC(=O)NC1CCC(N(C)C(=O)c2ccc(-c3ccc4c(c3)NC(=O)C4)cc2)C1. The highest BCUT2D eigenvalue weighted by atomic mass is 16.2. The number of nitrogens with one attached hydrogen (secondary N) is 2. The van der Waals surface area contributed by atoms with Crippen molar-refractivity contribution >= 4 is 23.4 Å². The molecule has 2 aromatic rings. The van der Waals surface area contributed by atoms with Gasteiger partial charge < -0.3 is 15.5 Å². The lowest BCUT2D eigenvalue weighted by Crippen LogP contribution is -2.38. The predicted molar refractivity (Wildman–Crippen MR) is 116 cm³/mol. The summed E-state index contributed by atoms with van der Waals surface area (Å²) in [5.41, 5.74) is 4.54. The van der Waals surface area contributed by atoms with Crippen LogP contribution in [0.3, 0.4) is 0 Å². The van der Waals surface area contributed by atoms with Crippen LogP contribution in [-0.2, 0) is 16.0 Å². The van der Waals surface area contributed by atoms with Crippen LogP contribution < -0.4 is 10.6 Å². The third kappa shape index (κ3) is 4.08. The summed E-state index contributed by atoms with van der Waals surface area (Å²) in [4.78, 5) is 37.9. The summed E-state index contributed by atoms with van der Waals surface area (Å²) in [6, 6.07) is 13.8. The van der Waals surface area contributed by atoms with Gasteiger partial charge in [-0.1, -0.05) is 31.2 Å². The number of nitrogens with zero attached hydrogens (tertiary/aromatic N) is 1. The second-order valence-corrected chi connectivity index (χ2v) is 8.18. The van der Waals surface area contributed by atoms with E-state index in [2.05, 4.69) is 10.6 Å². The normalized spacial score (nSPS) is 19.9. The maximum absolute atomic E-state index is 12.9. The van der Waals surface area contributed by atoms with Gasteiger partial charge in [-0.3, -0.25) is 14.4 Å². The fraction of sp³-hybridized carbons (Fsp3) is 0.375. The first-order chi connectivity index (χ1) is 14.4. The molecule has 0 bridgehead atoms. The Kier molecular flexibility index (Phi) is 5.57. The van der Waals surface area contributed by atoms with Crippen molar-refractivity contribution in [3.63, 3.8) is 0 Å². The summed E-state index contributed by atoms with van der Waals surface area (Å²) < 4.78 is 0. The van der Waals surface area contributed by atoms with Gasteiger partial charge in [-0.2, -0.15) is 0 Å². The zero-order chi connectivity index (χ0) is 21.3. The summed E-state index contributed by atoms with van der Waals surface area (Å²) in [5, 5.41) is 5.91. The third-order valence-corrected chi connectivity index (χ3v) is 6.16. The quantitative estimate of drug-likeness (QED) is 0.801. The molecule has 0 radical (unpaired) electrons. The zero-order valence-electron chi connectivity index (χ0n) is 17.4. The van der Waals surface area contributed by atoms with Crippen molar-refractivity contribution in [3.8, 4) is 11.1 Å². The first kappa shape index (κ1) is 20.1. The van der Waals surface area contributed by atoms with E-state index < -0.39 is 0 Å². The standard InChI is InChI=1S/C24H27N3O3/c1-3-22(28)25-19-10-11-20(14-19)27(2)24(30)16-6-4-15(5-7-16)17-8-9-18-13-23(29)26-21(18)12-17/h4-9,12,19-20H,3,10-11,13-14H2,1-2H3,(H,25,28)(H,26,29). The highest BCUT2D eigenvalue weighted by Gasteiger charge is 2.30. The molecule has 30 heavy (non-hydrogen) atoms. The number of carbonyl (C=O) groups is 3. The molecule has 4 rings (SSSR count). The molecule has 6 nitrogen and oxygen atoms in total. The number of fused-ring (bicyclic) bond motifs is 1. The molecule has 6 heteroatoms. The summed E-state index contributed by atoms with van der Waals surface area (Å²) in [6.45, 7) is 1.85. The molecule has 0 aromatic heterocycles. The molecule has 2 atom stereocenters. The smallest absolute Gasteiger partial charge is 0.253 e. The Morgan fingerprint density at radius 2 is 1.83 bits per heavy atom. The van der Waals surface area contributed by atoms with E-state index in [0.717, 1.165) is 41.6 Å². The van der Waals surface area contributed by atoms with E-state index in [1.165, 1.54) is 0 Å². The largest absolute Gasteiger partial charge is 0.353 e. The van der Waals surface area contributed by atoms with Crippen LogP contribution in [0.1, 0.15) is 48.5 Å². The van der Waals surface area contributed by atoms with Crippen LogP contribution in [0.25, 0.3) is 11.1 Å². The lowest BCUT2D eigenvalue weighted by Gasteiger charge is -2.25. The zero-order valence-corrected chi connectivity index (χ0v) is 17.4. The van der Waals surface area contributed by atoms with Gasteiger partial charge in [0.15, 0.2) is 0 Å². The second kappa shape index (κ2) is 8.30. The Labute approximate surface area is 176 Å². The van der Waals surface area contributed by atoms with E-state index in [1.807, 2.05) is 56.4 Å². The topological polar surface area (TPSA) is 78.5 Å². The number of rotatable bonds is 5. The minimum atomic E-state index is -0.00441. The molecular formula is C24H27N3O3. The van der Waals surface area contributed by atoms with Gasteiger partial charge in [0.05, 0.1) is 6.42 Å². The Bertz CT molecular complexity index is 984. The number of amides is 3.